The van der Waals surface area contributed by atoms with Crippen molar-refractivity contribution in [2.75, 3.05) is 0 Å². The number of aromatic nitrogens is 4. The first-order valence-electron chi connectivity index (χ1n) is 11.7. The smallest absolute Gasteiger partial charge is 0.274 e. The number of hydrogen-bond acceptors (Lipinski definition) is 4. The van der Waals surface area contributed by atoms with Crippen molar-refractivity contribution < 1.29 is 4.79 Å². The Morgan fingerprint density at radius 1 is 1.06 bits per heavy atom. The van der Waals surface area contributed by atoms with Crippen molar-refractivity contribution >= 4 is 22.3 Å². The van der Waals surface area contributed by atoms with Crippen LogP contribution in [0.1, 0.15) is 59.9 Å². The van der Waals surface area contributed by atoms with Gasteiger partial charge in [-0.3, -0.25) is 14.6 Å². The molecule has 0 aliphatic rings. The number of pyridine rings is 1. The molecule has 7 nitrogen and oxygen atoms in total. The van der Waals surface area contributed by atoms with Crippen molar-refractivity contribution in [3.63, 3.8) is 0 Å². The van der Waals surface area contributed by atoms with E-state index < -0.39 is 0 Å². The molecule has 0 unspecified atom stereocenters. The third-order valence-electron chi connectivity index (χ3n) is 6.36. The van der Waals surface area contributed by atoms with E-state index in [0.717, 1.165) is 27.6 Å². The molecule has 3 heterocycles. The average molecular weight is 466 g/mol. The van der Waals surface area contributed by atoms with Crippen LogP contribution in [0.3, 0.4) is 0 Å². The highest BCUT2D eigenvalue weighted by Gasteiger charge is 2.25. The third kappa shape index (κ3) is 4.10. The van der Waals surface area contributed by atoms with Gasteiger partial charge >= 0.3 is 0 Å². The Morgan fingerprint density at radius 2 is 1.83 bits per heavy atom. The Bertz CT molecular complexity index is 1620. The summed E-state index contributed by atoms with van der Waals surface area (Å²) in [7, 11) is 0. The summed E-state index contributed by atoms with van der Waals surface area (Å²) >= 11 is 0. The number of nitrogens with one attached hydrogen (secondary N) is 2. The van der Waals surface area contributed by atoms with Gasteiger partial charge in [-0.25, -0.2) is 4.52 Å². The highest BCUT2D eigenvalue weighted by Crippen LogP contribution is 2.26. The Kier molecular flexibility index (Phi) is 5.68. The largest absolute Gasteiger partial charge is 0.344 e. The molecule has 0 spiro atoms. The zero-order valence-corrected chi connectivity index (χ0v) is 20.2. The number of nitrogens with zero attached hydrogens (tertiary/aromatic N) is 3. The Labute approximate surface area is 202 Å². The molecule has 0 fully saturated rings. The Morgan fingerprint density at radius 3 is 2.57 bits per heavy atom. The standard InChI is InChI=1S/C28H27N5O2/c1-16(2)24-25(27(34)30-18(4)19-10-6-5-7-11-19)32-33-15-23(31-28(35)26(24)33)20-13-21-17(3)9-8-12-22(21)29-14-20/h5-16,18H,1-4H3,(H,30,34)(H,31,35)/t18-/m1/s1. The van der Waals surface area contributed by atoms with Gasteiger partial charge in [-0.05, 0) is 43.0 Å². The normalized spacial score (nSPS) is 12.4. The summed E-state index contributed by atoms with van der Waals surface area (Å²) < 4.78 is 1.52. The maximum Gasteiger partial charge on any atom is 0.274 e. The molecule has 0 saturated carbocycles. The topological polar surface area (TPSA) is 92.2 Å². The van der Waals surface area contributed by atoms with Crippen molar-refractivity contribution in [3.8, 4) is 11.3 Å². The maximum atomic E-state index is 13.3. The molecule has 176 valence electrons. The molecule has 35 heavy (non-hydrogen) atoms. The van der Waals surface area contributed by atoms with Crippen LogP contribution < -0.4 is 10.9 Å². The van der Waals surface area contributed by atoms with E-state index in [2.05, 4.69) is 20.4 Å². The molecule has 0 bridgehead atoms. The molecule has 0 aliphatic heterocycles. The second-order valence-electron chi connectivity index (χ2n) is 9.18. The molecule has 0 aliphatic carbocycles. The van der Waals surface area contributed by atoms with Gasteiger partial charge in [0.05, 0.1) is 23.4 Å². The van der Waals surface area contributed by atoms with E-state index in [0.29, 0.717) is 16.8 Å². The van der Waals surface area contributed by atoms with Crippen molar-refractivity contribution in [2.45, 2.75) is 39.7 Å². The molecule has 2 N–H and O–H groups in total. The van der Waals surface area contributed by atoms with Crippen LogP contribution in [-0.4, -0.2) is 25.5 Å². The average Bonchev–Trinajstić information content (AvgIpc) is 3.25. The number of rotatable bonds is 5. The van der Waals surface area contributed by atoms with Crippen LogP contribution in [0.4, 0.5) is 0 Å². The van der Waals surface area contributed by atoms with Gasteiger partial charge in [-0.1, -0.05) is 56.3 Å². The van der Waals surface area contributed by atoms with Crippen LogP contribution in [0.15, 0.2) is 71.8 Å². The lowest BCUT2D eigenvalue weighted by Gasteiger charge is -2.14. The second kappa shape index (κ2) is 8.83. The van der Waals surface area contributed by atoms with Gasteiger partial charge < -0.3 is 10.3 Å². The van der Waals surface area contributed by atoms with E-state index in [1.807, 2.05) is 82.3 Å². The molecule has 1 amide bonds. The fourth-order valence-corrected chi connectivity index (χ4v) is 4.50. The fourth-order valence-electron chi connectivity index (χ4n) is 4.50. The minimum absolute atomic E-state index is 0.0720. The summed E-state index contributed by atoms with van der Waals surface area (Å²) in [5, 5.41) is 8.61. The fraction of sp³-hybridized carbons (Fsp3) is 0.214. The minimum Gasteiger partial charge on any atom is -0.344 e. The first-order valence-corrected chi connectivity index (χ1v) is 11.7. The third-order valence-corrected chi connectivity index (χ3v) is 6.36. The second-order valence-corrected chi connectivity index (χ2v) is 9.18. The number of hydrogen-bond donors (Lipinski definition) is 2. The van der Waals surface area contributed by atoms with Crippen LogP contribution in [0.25, 0.3) is 27.7 Å². The molecular weight excluding hydrogens is 438 g/mol. The number of H-pyrrole nitrogens is 1. The number of fused-ring (bicyclic) bond motifs is 2. The van der Waals surface area contributed by atoms with E-state index in [1.54, 1.807) is 12.4 Å². The predicted molar refractivity (Wildman–Crippen MR) is 138 cm³/mol. The maximum absolute atomic E-state index is 13.3. The van der Waals surface area contributed by atoms with Crippen LogP contribution in [-0.2, 0) is 0 Å². The number of benzene rings is 2. The van der Waals surface area contributed by atoms with Crippen LogP contribution >= 0.6 is 0 Å². The van der Waals surface area contributed by atoms with Crippen LogP contribution in [0.5, 0.6) is 0 Å². The lowest BCUT2D eigenvalue weighted by Crippen LogP contribution is -2.28. The van der Waals surface area contributed by atoms with E-state index in [1.165, 1.54) is 4.52 Å². The Balaban J connectivity index is 1.59. The van der Waals surface area contributed by atoms with Crippen LogP contribution in [0.2, 0.25) is 0 Å². The molecular formula is C28H27N5O2. The molecule has 3 aromatic heterocycles. The zero-order chi connectivity index (χ0) is 24.7. The molecule has 7 heteroatoms. The predicted octanol–water partition coefficient (Wildman–Crippen LogP) is 5.16. The molecule has 0 radical (unpaired) electrons. The number of aromatic amines is 1. The van der Waals surface area contributed by atoms with E-state index in [9.17, 15) is 9.59 Å². The van der Waals surface area contributed by atoms with Crippen LogP contribution in [0, 0.1) is 6.92 Å². The lowest BCUT2D eigenvalue weighted by molar-refractivity contribution is 0.0933. The highest BCUT2D eigenvalue weighted by atomic mass is 16.2. The number of amides is 1. The first-order chi connectivity index (χ1) is 16.8. The summed E-state index contributed by atoms with van der Waals surface area (Å²) in [6.45, 7) is 7.87. The number of carbonyl (C=O) groups is 1. The van der Waals surface area contributed by atoms with E-state index >= 15 is 0 Å². The highest BCUT2D eigenvalue weighted by molar-refractivity contribution is 5.96. The summed E-state index contributed by atoms with van der Waals surface area (Å²) in [4.78, 5) is 34.0. The molecule has 5 rings (SSSR count). The van der Waals surface area contributed by atoms with Gasteiger partial charge in [0, 0.05) is 22.7 Å². The quantitative estimate of drug-likeness (QED) is 0.375. The van der Waals surface area contributed by atoms with E-state index in [-0.39, 0.29) is 29.1 Å². The SMILES string of the molecule is Cc1cccc2ncc(-c3cn4nc(C(=O)N[C@H](C)c5ccccc5)c(C(C)C)c4c(=O)[nH]3)cc12. The van der Waals surface area contributed by atoms with E-state index in [4.69, 9.17) is 0 Å². The van der Waals surface area contributed by atoms with Crippen molar-refractivity contribution in [1.82, 2.24) is 24.9 Å². The van der Waals surface area contributed by atoms with Crippen molar-refractivity contribution in [2.24, 2.45) is 0 Å². The number of aryl methyl sites for hydroxylation is 1. The molecule has 2 aromatic carbocycles. The van der Waals surface area contributed by atoms with Gasteiger partial charge in [0.15, 0.2) is 5.69 Å². The number of carbonyl (C=O) groups excluding carboxylic acids is 1. The Hall–Kier alpha value is -4.26. The monoisotopic (exact) mass is 465 g/mol. The van der Waals surface area contributed by atoms with Gasteiger partial charge in [-0.2, -0.15) is 5.10 Å². The molecule has 1 atom stereocenters. The lowest BCUT2D eigenvalue weighted by atomic mass is 10.0. The minimum atomic E-state index is -0.308. The van der Waals surface area contributed by atoms with Crippen molar-refractivity contribution in [3.05, 3.63) is 99.7 Å². The van der Waals surface area contributed by atoms with Gasteiger partial charge in [0.1, 0.15) is 5.52 Å². The van der Waals surface area contributed by atoms with Gasteiger partial charge in [0.2, 0.25) is 0 Å². The summed E-state index contributed by atoms with van der Waals surface area (Å²) in [5.74, 6) is -0.380. The van der Waals surface area contributed by atoms with Crippen molar-refractivity contribution in [1.29, 1.82) is 0 Å². The summed E-state index contributed by atoms with van der Waals surface area (Å²) in [6.07, 6.45) is 3.49. The summed E-state index contributed by atoms with van der Waals surface area (Å²) in [6, 6.07) is 17.5. The van der Waals surface area contributed by atoms with Gasteiger partial charge in [-0.15, -0.1) is 0 Å². The summed E-state index contributed by atoms with van der Waals surface area (Å²) in [5.41, 5.74) is 5.33. The molecule has 5 aromatic rings. The van der Waals surface area contributed by atoms with Gasteiger partial charge in [0.25, 0.3) is 11.5 Å². The first kappa shape index (κ1) is 22.5. The molecule has 0 saturated heterocycles. The zero-order valence-electron chi connectivity index (χ0n) is 20.2.